The van der Waals surface area contributed by atoms with Crippen LogP contribution < -0.4 is 4.90 Å². The van der Waals surface area contributed by atoms with Gasteiger partial charge in [-0.1, -0.05) is 0 Å². The molecule has 1 aromatic rings. The van der Waals surface area contributed by atoms with E-state index in [-0.39, 0.29) is 30.7 Å². The van der Waals surface area contributed by atoms with Crippen molar-refractivity contribution in [2.45, 2.75) is 23.8 Å². The summed E-state index contributed by atoms with van der Waals surface area (Å²) in [5.74, 6) is 0.00556. The number of anilines is 1. The van der Waals surface area contributed by atoms with Gasteiger partial charge in [0.25, 0.3) is 0 Å². The first-order valence-electron chi connectivity index (χ1n) is 8.54. The molecule has 2 saturated heterocycles. The second-order valence-corrected chi connectivity index (χ2v) is 8.49. The van der Waals surface area contributed by atoms with Crippen LogP contribution in [0.5, 0.6) is 0 Å². The fourth-order valence-corrected chi connectivity index (χ4v) is 4.91. The van der Waals surface area contributed by atoms with E-state index >= 15 is 0 Å². The van der Waals surface area contributed by atoms with E-state index in [2.05, 4.69) is 0 Å². The van der Waals surface area contributed by atoms with Crippen molar-refractivity contribution < 1.29 is 19.5 Å². The van der Waals surface area contributed by atoms with Crippen LogP contribution in [0.25, 0.3) is 0 Å². The average Bonchev–Trinajstić information content (AvgIpc) is 3.03. The second kappa shape index (κ2) is 8.35. The Labute approximate surface area is 161 Å². The smallest absolute Gasteiger partial charge is 0.305 e. The number of hydrogen-bond acceptors (Lipinski definition) is 5. The van der Waals surface area contributed by atoms with Gasteiger partial charge >= 0.3 is 5.97 Å². The van der Waals surface area contributed by atoms with Gasteiger partial charge in [0, 0.05) is 41.6 Å². The van der Waals surface area contributed by atoms with Crippen molar-refractivity contribution in [2.24, 2.45) is 5.92 Å². The maximum absolute atomic E-state index is 13.0. The Hall–Kier alpha value is -1.67. The number of carbonyl (C=O) groups is 3. The van der Waals surface area contributed by atoms with Crippen LogP contribution in [-0.4, -0.2) is 64.7 Å². The Morgan fingerprint density at radius 2 is 2.04 bits per heavy atom. The first kappa shape index (κ1) is 19.1. The number of thioether (sulfide) groups is 2. The SMILES string of the molecule is CSc1ccc(N2CC(C(=O)N3CCSCC3CC(=O)O)CC2=O)cc1. The minimum absolute atomic E-state index is 0.0424. The summed E-state index contributed by atoms with van der Waals surface area (Å²) in [6, 6.07) is 7.45. The van der Waals surface area contributed by atoms with Gasteiger partial charge in [0.2, 0.25) is 11.8 Å². The highest BCUT2D eigenvalue weighted by Crippen LogP contribution is 2.30. The summed E-state index contributed by atoms with van der Waals surface area (Å²) in [5, 5.41) is 9.09. The highest BCUT2D eigenvalue weighted by Gasteiger charge is 2.40. The summed E-state index contributed by atoms with van der Waals surface area (Å²) in [6.45, 7) is 0.911. The van der Waals surface area contributed by atoms with Gasteiger partial charge in [-0.15, -0.1) is 11.8 Å². The summed E-state index contributed by atoms with van der Waals surface area (Å²) in [5.41, 5.74) is 0.805. The number of amides is 2. The van der Waals surface area contributed by atoms with E-state index in [0.717, 1.165) is 16.3 Å². The molecule has 2 aliphatic heterocycles. The van der Waals surface area contributed by atoms with Gasteiger partial charge in [-0.05, 0) is 30.5 Å². The first-order chi connectivity index (χ1) is 12.5. The Bertz CT molecular complexity index is 695. The first-order valence-corrected chi connectivity index (χ1v) is 10.9. The van der Waals surface area contributed by atoms with Crippen molar-refractivity contribution in [3.63, 3.8) is 0 Å². The number of aliphatic carboxylic acids is 1. The van der Waals surface area contributed by atoms with Gasteiger partial charge < -0.3 is 14.9 Å². The van der Waals surface area contributed by atoms with Gasteiger partial charge in [-0.2, -0.15) is 11.8 Å². The lowest BCUT2D eigenvalue weighted by molar-refractivity contribution is -0.142. The summed E-state index contributed by atoms with van der Waals surface area (Å²) >= 11 is 3.31. The predicted octanol–water partition coefficient (Wildman–Crippen LogP) is 2.18. The number of hydrogen-bond donors (Lipinski definition) is 1. The normalized spacial score (nSPS) is 23.3. The molecule has 0 aliphatic carbocycles. The Kier molecular flexibility index (Phi) is 6.13. The monoisotopic (exact) mass is 394 g/mol. The van der Waals surface area contributed by atoms with E-state index in [1.807, 2.05) is 30.5 Å². The van der Waals surface area contributed by atoms with Crippen LogP contribution in [0.1, 0.15) is 12.8 Å². The van der Waals surface area contributed by atoms with Crippen molar-refractivity contribution >= 4 is 47.0 Å². The van der Waals surface area contributed by atoms with Gasteiger partial charge in [0.15, 0.2) is 0 Å². The molecule has 2 amide bonds. The molecule has 8 heteroatoms. The van der Waals surface area contributed by atoms with Crippen LogP contribution in [0.2, 0.25) is 0 Å². The number of carbonyl (C=O) groups excluding carboxylic acids is 2. The highest BCUT2D eigenvalue weighted by atomic mass is 32.2. The molecule has 0 saturated carbocycles. The quantitative estimate of drug-likeness (QED) is 0.772. The van der Waals surface area contributed by atoms with Crippen LogP contribution in [0, 0.1) is 5.92 Å². The minimum atomic E-state index is -0.895. The van der Waals surface area contributed by atoms with E-state index in [1.165, 1.54) is 0 Å². The fraction of sp³-hybridized carbons (Fsp3) is 0.500. The van der Waals surface area contributed by atoms with E-state index in [0.29, 0.717) is 18.8 Å². The number of benzene rings is 1. The average molecular weight is 395 g/mol. The molecule has 2 heterocycles. The molecule has 0 spiro atoms. The maximum atomic E-state index is 13.0. The largest absolute Gasteiger partial charge is 0.481 e. The predicted molar refractivity (Wildman–Crippen MR) is 104 cm³/mol. The molecule has 3 rings (SSSR count). The summed E-state index contributed by atoms with van der Waals surface area (Å²) < 4.78 is 0. The molecule has 0 bridgehead atoms. The van der Waals surface area contributed by atoms with E-state index in [1.54, 1.807) is 33.3 Å². The number of rotatable bonds is 5. The second-order valence-electron chi connectivity index (χ2n) is 6.46. The number of carboxylic acid groups (broad SMARTS) is 1. The van der Waals surface area contributed by atoms with Crippen LogP contribution in [0.15, 0.2) is 29.2 Å². The molecule has 140 valence electrons. The third-order valence-electron chi connectivity index (χ3n) is 4.78. The number of nitrogens with zero attached hydrogens (tertiary/aromatic N) is 2. The van der Waals surface area contributed by atoms with Crippen molar-refractivity contribution in [2.75, 3.05) is 35.8 Å². The maximum Gasteiger partial charge on any atom is 0.305 e. The van der Waals surface area contributed by atoms with E-state index in [4.69, 9.17) is 5.11 Å². The molecule has 2 atom stereocenters. The van der Waals surface area contributed by atoms with Gasteiger partial charge in [0.05, 0.1) is 18.4 Å². The molecule has 1 N–H and O–H groups in total. The van der Waals surface area contributed by atoms with Crippen LogP contribution in [0.4, 0.5) is 5.69 Å². The molecular formula is C18H22N2O4S2. The summed E-state index contributed by atoms with van der Waals surface area (Å²) in [6.07, 6.45) is 2.14. The molecule has 26 heavy (non-hydrogen) atoms. The molecule has 2 fully saturated rings. The minimum Gasteiger partial charge on any atom is -0.481 e. The van der Waals surface area contributed by atoms with Crippen molar-refractivity contribution in [3.8, 4) is 0 Å². The number of carboxylic acids is 1. The lowest BCUT2D eigenvalue weighted by atomic mass is 10.0. The van der Waals surface area contributed by atoms with E-state index in [9.17, 15) is 14.4 Å². The Morgan fingerprint density at radius 3 is 2.69 bits per heavy atom. The zero-order valence-corrected chi connectivity index (χ0v) is 16.2. The third kappa shape index (κ3) is 4.17. The zero-order valence-electron chi connectivity index (χ0n) is 14.6. The summed E-state index contributed by atoms with van der Waals surface area (Å²) in [7, 11) is 0. The van der Waals surface area contributed by atoms with E-state index < -0.39 is 11.9 Å². The molecular weight excluding hydrogens is 372 g/mol. The van der Waals surface area contributed by atoms with Crippen LogP contribution in [-0.2, 0) is 14.4 Å². The van der Waals surface area contributed by atoms with Gasteiger partial charge in [-0.25, -0.2) is 0 Å². The van der Waals surface area contributed by atoms with Crippen molar-refractivity contribution in [1.82, 2.24) is 4.90 Å². The zero-order chi connectivity index (χ0) is 18.7. The molecule has 2 unspecified atom stereocenters. The van der Waals surface area contributed by atoms with Gasteiger partial charge in [-0.3, -0.25) is 14.4 Å². The standard InChI is InChI=1S/C18H22N2O4S2/c1-25-15-4-2-13(3-5-15)20-10-12(8-16(20)21)18(24)19-6-7-26-11-14(19)9-17(22)23/h2-5,12,14H,6-11H2,1H3,(H,22,23). The molecule has 0 aromatic heterocycles. The fourth-order valence-electron chi connectivity index (χ4n) is 3.43. The Morgan fingerprint density at radius 1 is 1.31 bits per heavy atom. The molecule has 6 nitrogen and oxygen atoms in total. The van der Waals surface area contributed by atoms with Crippen molar-refractivity contribution in [3.05, 3.63) is 24.3 Å². The Balaban J connectivity index is 1.70. The van der Waals surface area contributed by atoms with Crippen LogP contribution in [0.3, 0.4) is 0 Å². The highest BCUT2D eigenvalue weighted by molar-refractivity contribution is 7.99. The van der Waals surface area contributed by atoms with Crippen LogP contribution >= 0.6 is 23.5 Å². The van der Waals surface area contributed by atoms with Crippen molar-refractivity contribution in [1.29, 1.82) is 0 Å². The topological polar surface area (TPSA) is 77.9 Å². The molecule has 1 aromatic carbocycles. The third-order valence-corrected chi connectivity index (χ3v) is 6.61. The summed E-state index contributed by atoms with van der Waals surface area (Å²) in [4.78, 5) is 40.9. The molecule has 2 aliphatic rings. The lowest BCUT2D eigenvalue weighted by Crippen LogP contribution is -2.49. The lowest BCUT2D eigenvalue weighted by Gasteiger charge is -2.36. The van der Waals surface area contributed by atoms with Gasteiger partial charge in [0.1, 0.15) is 0 Å². The molecule has 0 radical (unpaired) electrons.